The second-order valence-electron chi connectivity index (χ2n) is 1.69. The van der Waals surface area contributed by atoms with Crippen LogP contribution >= 0.6 is 0 Å². The minimum absolute atomic E-state index is 0.844. The maximum atomic E-state index is 11.9. The molecule has 0 saturated heterocycles. The van der Waals surface area contributed by atoms with Gasteiger partial charge in [0.2, 0.25) is 0 Å². The molecule has 0 aromatic rings. The number of allylic oxidation sites excluding steroid dienone is 3. The van der Waals surface area contributed by atoms with Gasteiger partial charge in [0.1, 0.15) is 5.70 Å². The third kappa shape index (κ3) is 3.67. The summed E-state index contributed by atoms with van der Waals surface area (Å²) >= 11 is 0. The Labute approximate surface area is 62.8 Å². The van der Waals surface area contributed by atoms with E-state index < -0.39 is 11.9 Å². The number of alkyl halides is 3. The zero-order chi connectivity index (χ0) is 8.91. The zero-order valence-electron chi connectivity index (χ0n) is 6.00. The smallest absolute Gasteiger partial charge is 0.318 e. The number of rotatable bonds is 3. The Hall–Kier alpha value is -0.970. The van der Waals surface area contributed by atoms with Gasteiger partial charge < -0.3 is 5.43 Å². The molecule has 0 bridgehead atoms. The molecule has 0 fully saturated rings. The lowest BCUT2D eigenvalue weighted by Gasteiger charge is -2.11. The van der Waals surface area contributed by atoms with Crippen LogP contribution in [0.15, 0.2) is 24.4 Å². The van der Waals surface area contributed by atoms with Crippen LogP contribution in [0.1, 0.15) is 0 Å². The van der Waals surface area contributed by atoms with Crippen LogP contribution in [0.25, 0.3) is 0 Å². The van der Waals surface area contributed by atoms with Gasteiger partial charge >= 0.3 is 6.18 Å². The summed E-state index contributed by atoms with van der Waals surface area (Å²) < 4.78 is 35.6. The molecule has 0 spiro atoms. The van der Waals surface area contributed by atoms with Gasteiger partial charge in [0.25, 0.3) is 0 Å². The highest BCUT2D eigenvalue weighted by atomic mass is 19.4. The minimum atomic E-state index is -4.36. The third-order valence-corrected chi connectivity index (χ3v) is 0.850. The fraction of sp³-hybridized carbons (Fsp3) is 0.333. The summed E-state index contributed by atoms with van der Waals surface area (Å²) in [5, 5.41) is 0. The summed E-state index contributed by atoms with van der Waals surface area (Å²) in [4.78, 5) is 0. The Morgan fingerprint density at radius 3 is 2.27 bits per heavy atom. The molecule has 0 rings (SSSR count). The van der Waals surface area contributed by atoms with Crippen LogP contribution in [0.2, 0.25) is 0 Å². The van der Waals surface area contributed by atoms with Gasteiger partial charge in [0.05, 0.1) is 0 Å². The van der Waals surface area contributed by atoms with Crippen molar-refractivity contribution in [3.8, 4) is 0 Å². The van der Waals surface area contributed by atoms with E-state index in [1.807, 2.05) is 5.43 Å². The Balaban J connectivity index is 4.34. The van der Waals surface area contributed by atoms with Crippen molar-refractivity contribution in [3.63, 3.8) is 0 Å². The average molecular weight is 166 g/mol. The molecular formula is C6H9F3N2. The molecule has 11 heavy (non-hydrogen) atoms. The molecule has 0 aromatic carbocycles. The van der Waals surface area contributed by atoms with Gasteiger partial charge in [-0.3, -0.25) is 0 Å². The first-order valence-corrected chi connectivity index (χ1v) is 2.85. The second kappa shape index (κ2) is 4.02. The molecule has 0 atom stereocenters. The van der Waals surface area contributed by atoms with E-state index in [2.05, 4.69) is 12.0 Å². The topological polar surface area (TPSA) is 24.1 Å². The first kappa shape index (κ1) is 10.0. The number of hydrogen-bond donors (Lipinski definition) is 2. The Bertz CT molecular complexity index is 160. The molecule has 0 unspecified atom stereocenters. The number of hydrazine groups is 1. The first-order chi connectivity index (χ1) is 5.02. The quantitative estimate of drug-likeness (QED) is 0.488. The largest absolute Gasteiger partial charge is 0.432 e. The van der Waals surface area contributed by atoms with E-state index in [9.17, 15) is 13.2 Å². The molecule has 0 aliphatic carbocycles. The average Bonchev–Trinajstić information content (AvgIpc) is 1.85. The van der Waals surface area contributed by atoms with E-state index in [0.29, 0.717) is 0 Å². The molecular weight excluding hydrogens is 157 g/mol. The van der Waals surface area contributed by atoms with Crippen LogP contribution in [-0.2, 0) is 0 Å². The maximum absolute atomic E-state index is 11.9. The molecule has 64 valence electrons. The van der Waals surface area contributed by atoms with Crippen molar-refractivity contribution in [2.24, 2.45) is 0 Å². The SMILES string of the molecule is C=C/C=C(\NNC)C(F)(F)F. The second-order valence-corrected chi connectivity index (χ2v) is 1.69. The molecule has 0 saturated carbocycles. The van der Waals surface area contributed by atoms with Crippen molar-refractivity contribution in [1.29, 1.82) is 0 Å². The van der Waals surface area contributed by atoms with E-state index in [4.69, 9.17) is 0 Å². The lowest BCUT2D eigenvalue weighted by molar-refractivity contribution is -0.0978. The van der Waals surface area contributed by atoms with E-state index in [0.717, 1.165) is 12.2 Å². The summed E-state index contributed by atoms with van der Waals surface area (Å²) in [5.41, 5.74) is 3.25. The summed E-state index contributed by atoms with van der Waals surface area (Å²) in [6.07, 6.45) is -2.46. The molecule has 0 aliphatic rings. The van der Waals surface area contributed by atoms with E-state index in [1.54, 1.807) is 0 Å². The van der Waals surface area contributed by atoms with Crippen LogP contribution in [0.5, 0.6) is 0 Å². The minimum Gasteiger partial charge on any atom is -0.318 e. The van der Waals surface area contributed by atoms with Crippen LogP contribution in [0, 0.1) is 0 Å². The normalized spacial score (nSPS) is 12.9. The van der Waals surface area contributed by atoms with Crippen LogP contribution < -0.4 is 10.9 Å². The monoisotopic (exact) mass is 166 g/mol. The van der Waals surface area contributed by atoms with E-state index >= 15 is 0 Å². The maximum Gasteiger partial charge on any atom is 0.432 e. The summed E-state index contributed by atoms with van der Waals surface area (Å²) in [6, 6.07) is 0. The van der Waals surface area contributed by atoms with Gasteiger partial charge in [-0.15, -0.1) is 0 Å². The fourth-order valence-electron chi connectivity index (χ4n) is 0.460. The molecule has 0 radical (unpaired) electrons. The lowest BCUT2D eigenvalue weighted by atomic mass is 10.4. The van der Waals surface area contributed by atoms with Crippen molar-refractivity contribution in [2.75, 3.05) is 7.05 Å². The zero-order valence-corrected chi connectivity index (χ0v) is 6.00. The van der Waals surface area contributed by atoms with Crippen molar-refractivity contribution < 1.29 is 13.2 Å². The van der Waals surface area contributed by atoms with Gasteiger partial charge in [0.15, 0.2) is 0 Å². The van der Waals surface area contributed by atoms with Crippen LogP contribution in [0.3, 0.4) is 0 Å². The molecule has 2 nitrogen and oxygen atoms in total. The highest BCUT2D eigenvalue weighted by Gasteiger charge is 2.32. The van der Waals surface area contributed by atoms with Gasteiger partial charge in [-0.25, -0.2) is 5.43 Å². The molecule has 0 amide bonds. The Morgan fingerprint density at radius 2 is 2.00 bits per heavy atom. The van der Waals surface area contributed by atoms with E-state index in [-0.39, 0.29) is 0 Å². The standard InChI is InChI=1S/C6H9F3N2/c1-3-4-5(11-10-2)6(7,8)9/h3-4,10-11H,1H2,2H3/b5-4-. The lowest BCUT2D eigenvalue weighted by Crippen LogP contribution is -2.34. The first-order valence-electron chi connectivity index (χ1n) is 2.85. The summed E-state index contributed by atoms with van der Waals surface area (Å²) in [6.45, 7) is 3.15. The fourth-order valence-corrected chi connectivity index (χ4v) is 0.460. The molecule has 0 heterocycles. The van der Waals surface area contributed by atoms with Gasteiger partial charge in [-0.05, 0) is 6.08 Å². The predicted octanol–water partition coefficient (Wildman–Crippen LogP) is 1.34. The van der Waals surface area contributed by atoms with Crippen molar-refractivity contribution in [3.05, 3.63) is 24.4 Å². The van der Waals surface area contributed by atoms with Gasteiger partial charge in [-0.2, -0.15) is 13.2 Å². The summed E-state index contributed by atoms with van der Waals surface area (Å²) in [7, 11) is 1.35. The summed E-state index contributed by atoms with van der Waals surface area (Å²) in [5.74, 6) is 0. The Kier molecular flexibility index (Phi) is 3.67. The third-order valence-electron chi connectivity index (χ3n) is 0.850. The van der Waals surface area contributed by atoms with Gasteiger partial charge in [0, 0.05) is 7.05 Å². The number of nitrogens with one attached hydrogen (secondary N) is 2. The van der Waals surface area contributed by atoms with Crippen LogP contribution in [-0.4, -0.2) is 13.2 Å². The molecule has 0 aromatic heterocycles. The molecule has 0 aliphatic heterocycles. The van der Waals surface area contributed by atoms with Crippen molar-refractivity contribution in [1.82, 2.24) is 10.9 Å². The van der Waals surface area contributed by atoms with E-state index in [1.165, 1.54) is 7.05 Å². The van der Waals surface area contributed by atoms with Gasteiger partial charge in [-0.1, -0.05) is 12.7 Å². The number of halogens is 3. The highest BCUT2D eigenvalue weighted by molar-refractivity contribution is 5.12. The van der Waals surface area contributed by atoms with Crippen molar-refractivity contribution in [2.45, 2.75) is 6.18 Å². The van der Waals surface area contributed by atoms with Crippen LogP contribution in [0.4, 0.5) is 13.2 Å². The highest BCUT2D eigenvalue weighted by Crippen LogP contribution is 2.22. The predicted molar refractivity (Wildman–Crippen MR) is 36.5 cm³/mol. The van der Waals surface area contributed by atoms with Crippen molar-refractivity contribution >= 4 is 0 Å². The molecule has 5 heteroatoms. The number of hydrogen-bond acceptors (Lipinski definition) is 2. The Morgan fingerprint density at radius 1 is 1.45 bits per heavy atom. The molecule has 2 N–H and O–H groups in total.